The Kier molecular flexibility index (Phi) is 9.11. The summed E-state index contributed by atoms with van der Waals surface area (Å²) in [6.07, 6.45) is -3.34. The number of nitrogens with zero attached hydrogens (tertiary/aromatic N) is 2. The molecule has 0 radical (unpaired) electrons. The van der Waals surface area contributed by atoms with E-state index >= 15 is 0 Å². The molecule has 6 nitrogen and oxygen atoms in total. The molecule has 0 spiro atoms. The Morgan fingerprint density at radius 1 is 0.860 bits per heavy atom. The summed E-state index contributed by atoms with van der Waals surface area (Å²) >= 11 is 0. The first-order valence-corrected chi connectivity index (χ1v) is 14.9. The molecule has 9 heteroatoms. The van der Waals surface area contributed by atoms with E-state index in [0.717, 1.165) is 40.8 Å². The number of piperazine rings is 1. The highest BCUT2D eigenvalue weighted by Crippen LogP contribution is 2.52. The number of halogens is 3. The quantitative estimate of drug-likeness (QED) is 0.287. The summed E-state index contributed by atoms with van der Waals surface area (Å²) in [5.41, 5.74) is 3.22. The zero-order valence-corrected chi connectivity index (χ0v) is 24.6. The lowest BCUT2D eigenvalue weighted by Gasteiger charge is -2.44. The summed E-state index contributed by atoms with van der Waals surface area (Å²) in [6.45, 7) is 4.92. The summed E-state index contributed by atoms with van der Waals surface area (Å²) in [6, 6.07) is 25.3. The molecule has 0 aromatic heterocycles. The minimum absolute atomic E-state index is 0.131. The number of carbonyl (C=O) groups is 2. The largest absolute Gasteiger partial charge is 0.433 e. The minimum Gasteiger partial charge on any atom is -0.433 e. The molecule has 1 aliphatic heterocycles. The van der Waals surface area contributed by atoms with Crippen molar-refractivity contribution in [3.63, 3.8) is 0 Å². The number of hydrogen-bond donors (Lipinski definition) is 1. The van der Waals surface area contributed by atoms with E-state index in [1.165, 1.54) is 0 Å². The number of unbranched alkanes of at least 4 members (excludes halogenated alkanes) is 1. The zero-order chi connectivity index (χ0) is 30.6. The van der Waals surface area contributed by atoms with Crippen LogP contribution in [-0.2, 0) is 21.6 Å². The molecule has 5 rings (SSSR count). The molecule has 2 amide bonds. The minimum atomic E-state index is -4.54. The van der Waals surface area contributed by atoms with Gasteiger partial charge in [0.2, 0.25) is 5.91 Å². The highest BCUT2D eigenvalue weighted by molar-refractivity contribution is 5.82. The molecule has 3 aromatic rings. The fourth-order valence-corrected chi connectivity index (χ4v) is 6.63. The van der Waals surface area contributed by atoms with Crippen LogP contribution in [0.1, 0.15) is 49.8 Å². The molecule has 1 heterocycles. The Hall–Kier alpha value is -3.85. The van der Waals surface area contributed by atoms with Crippen LogP contribution < -0.4 is 5.32 Å². The first kappa shape index (κ1) is 30.6. The maximum absolute atomic E-state index is 13.0. The van der Waals surface area contributed by atoms with E-state index in [4.69, 9.17) is 4.74 Å². The number of fused-ring (bicyclic) bond motifs is 3. The van der Waals surface area contributed by atoms with Gasteiger partial charge in [0.25, 0.3) is 0 Å². The number of ether oxygens (including phenoxy) is 1. The molecule has 2 unspecified atom stereocenters. The van der Waals surface area contributed by atoms with Crippen LogP contribution in [0.5, 0.6) is 0 Å². The van der Waals surface area contributed by atoms with Gasteiger partial charge in [0.15, 0.2) is 5.60 Å². The number of benzene rings is 3. The van der Waals surface area contributed by atoms with Crippen molar-refractivity contribution < 1.29 is 27.5 Å². The van der Waals surface area contributed by atoms with Crippen LogP contribution in [0.4, 0.5) is 18.0 Å². The molecule has 1 fully saturated rings. The molecular formula is C34H38F3N3O3. The van der Waals surface area contributed by atoms with Crippen LogP contribution in [0.2, 0.25) is 0 Å². The van der Waals surface area contributed by atoms with Crippen molar-refractivity contribution in [1.29, 1.82) is 0 Å². The van der Waals surface area contributed by atoms with E-state index in [2.05, 4.69) is 18.7 Å². The number of nitrogens with one attached hydrogen (secondary N) is 1. The summed E-state index contributed by atoms with van der Waals surface area (Å²) in [7, 11) is 0. The van der Waals surface area contributed by atoms with Crippen LogP contribution in [0.25, 0.3) is 11.1 Å². The molecule has 2 aliphatic rings. The Labute approximate surface area is 250 Å². The first-order chi connectivity index (χ1) is 20.6. The van der Waals surface area contributed by atoms with Crippen LogP contribution in [-0.4, -0.2) is 66.2 Å². The van der Waals surface area contributed by atoms with E-state index < -0.39 is 24.4 Å². The zero-order valence-electron chi connectivity index (χ0n) is 24.6. The monoisotopic (exact) mass is 593 g/mol. The lowest BCUT2D eigenvalue weighted by molar-refractivity contribution is -0.134. The lowest BCUT2D eigenvalue weighted by Crippen LogP contribution is -2.58. The number of alkyl carbamates (subject to hydrolysis) is 1. The molecule has 43 heavy (non-hydrogen) atoms. The number of rotatable bonds is 9. The molecular weight excluding hydrogens is 555 g/mol. The SMILES string of the molecule is CC1CN(C(=O)Cc2ccccc2)CC(C)N1CCCCC1(OC(=O)NCC(F)(F)F)c2ccccc2-c2ccccc21. The molecule has 1 saturated heterocycles. The first-order valence-electron chi connectivity index (χ1n) is 14.9. The van der Waals surface area contributed by atoms with Crippen molar-refractivity contribution in [3.05, 3.63) is 95.6 Å². The molecule has 0 saturated carbocycles. The van der Waals surface area contributed by atoms with Gasteiger partial charge < -0.3 is 15.0 Å². The van der Waals surface area contributed by atoms with Gasteiger partial charge >= 0.3 is 12.3 Å². The Morgan fingerprint density at radius 3 is 2.00 bits per heavy atom. The van der Waals surface area contributed by atoms with Crippen LogP contribution in [0, 0.1) is 0 Å². The summed E-state index contributed by atoms with van der Waals surface area (Å²) in [4.78, 5) is 30.1. The molecule has 1 aliphatic carbocycles. The van der Waals surface area contributed by atoms with Crippen LogP contribution in [0.3, 0.4) is 0 Å². The summed E-state index contributed by atoms with van der Waals surface area (Å²) in [5.74, 6) is 0.131. The molecule has 3 aromatic carbocycles. The standard InChI is InChI=1S/C34H38F3N3O3/c1-24-21-39(31(41)20-26-12-4-3-5-13-26)22-25(2)40(24)19-11-10-18-33(43-32(42)38-23-34(35,36)37)29-16-8-6-14-27(29)28-15-7-9-17-30(28)33/h3-9,12-17,24-25H,10-11,18-23H2,1-2H3,(H,38,42). The summed E-state index contributed by atoms with van der Waals surface area (Å²) < 4.78 is 44.5. The lowest BCUT2D eigenvalue weighted by atomic mass is 9.86. The van der Waals surface area contributed by atoms with Gasteiger partial charge in [-0.15, -0.1) is 0 Å². The van der Waals surface area contributed by atoms with E-state index in [1.54, 1.807) is 0 Å². The fourth-order valence-electron chi connectivity index (χ4n) is 6.63. The average Bonchev–Trinajstić information content (AvgIpc) is 3.25. The van der Waals surface area contributed by atoms with E-state index in [-0.39, 0.29) is 18.0 Å². The van der Waals surface area contributed by atoms with Crippen molar-refractivity contribution in [1.82, 2.24) is 15.1 Å². The predicted molar refractivity (Wildman–Crippen MR) is 159 cm³/mol. The van der Waals surface area contributed by atoms with Crippen molar-refractivity contribution in [2.75, 3.05) is 26.2 Å². The second-order valence-corrected chi connectivity index (χ2v) is 11.6. The highest BCUT2D eigenvalue weighted by atomic mass is 19.4. The predicted octanol–water partition coefficient (Wildman–Crippen LogP) is 6.53. The number of carbonyl (C=O) groups excluding carboxylic acids is 2. The van der Waals surface area contributed by atoms with E-state index in [0.29, 0.717) is 32.4 Å². The van der Waals surface area contributed by atoms with Gasteiger partial charge in [-0.2, -0.15) is 13.2 Å². The van der Waals surface area contributed by atoms with Crippen LogP contribution >= 0.6 is 0 Å². The number of alkyl halides is 3. The Bertz CT molecular complexity index is 1370. The van der Waals surface area contributed by atoms with Crippen LogP contribution in [0.15, 0.2) is 78.9 Å². The van der Waals surface area contributed by atoms with Crippen molar-refractivity contribution in [2.24, 2.45) is 0 Å². The number of hydrogen-bond acceptors (Lipinski definition) is 4. The number of amides is 2. The van der Waals surface area contributed by atoms with E-state index in [9.17, 15) is 22.8 Å². The third-order valence-corrected chi connectivity index (χ3v) is 8.56. The van der Waals surface area contributed by atoms with Gasteiger partial charge in [-0.05, 0) is 56.3 Å². The van der Waals surface area contributed by atoms with Crippen molar-refractivity contribution in [3.8, 4) is 11.1 Å². The summed E-state index contributed by atoms with van der Waals surface area (Å²) in [5, 5.41) is 1.89. The smallest absolute Gasteiger partial charge is 0.408 e. The third kappa shape index (κ3) is 6.88. The maximum Gasteiger partial charge on any atom is 0.408 e. The molecule has 2 atom stereocenters. The van der Waals surface area contributed by atoms with Gasteiger partial charge in [0.1, 0.15) is 6.54 Å². The third-order valence-electron chi connectivity index (χ3n) is 8.56. The van der Waals surface area contributed by atoms with Crippen molar-refractivity contribution in [2.45, 2.75) is 63.4 Å². The van der Waals surface area contributed by atoms with Gasteiger partial charge in [-0.1, -0.05) is 78.9 Å². The highest BCUT2D eigenvalue weighted by Gasteiger charge is 2.46. The van der Waals surface area contributed by atoms with Gasteiger partial charge in [0, 0.05) is 36.3 Å². The van der Waals surface area contributed by atoms with Crippen molar-refractivity contribution >= 4 is 12.0 Å². The average molecular weight is 594 g/mol. The van der Waals surface area contributed by atoms with Gasteiger partial charge in [-0.3, -0.25) is 9.69 Å². The topological polar surface area (TPSA) is 61.9 Å². The molecule has 228 valence electrons. The molecule has 0 bridgehead atoms. The van der Waals surface area contributed by atoms with E-state index in [1.807, 2.05) is 89.1 Å². The second kappa shape index (κ2) is 12.8. The maximum atomic E-state index is 13.0. The normalized spacial score (nSPS) is 19.4. The second-order valence-electron chi connectivity index (χ2n) is 11.6. The Balaban J connectivity index is 1.25. The van der Waals surface area contributed by atoms with Gasteiger partial charge in [0.05, 0.1) is 6.42 Å². The van der Waals surface area contributed by atoms with Gasteiger partial charge in [-0.25, -0.2) is 4.79 Å². The fraction of sp³-hybridized carbons (Fsp3) is 0.412. The Morgan fingerprint density at radius 2 is 1.42 bits per heavy atom. The molecule has 1 N–H and O–H groups in total.